The molecule has 0 bridgehead atoms. The lowest BCUT2D eigenvalue weighted by molar-refractivity contribution is -0.125. The molecule has 5 atom stereocenters. The maximum atomic E-state index is 13.6. The number of carbonyl (C=O) groups excluding carboxylic acids is 3. The third-order valence-electron chi connectivity index (χ3n) is 23.9. The number of nitrogens with two attached hydrogens (primary N) is 3. The van der Waals surface area contributed by atoms with E-state index in [4.69, 9.17) is 40.9 Å². The van der Waals surface area contributed by atoms with Gasteiger partial charge in [-0.3, -0.25) is 29.1 Å². The molecule has 1 aliphatic carbocycles. The van der Waals surface area contributed by atoms with Crippen LogP contribution < -0.4 is 31.4 Å². The Hall–Kier alpha value is -14.2. The molecule has 5 aliphatic heterocycles. The number of fused-ring (bicyclic) bond motifs is 3. The van der Waals surface area contributed by atoms with Crippen LogP contribution >= 0.6 is 0 Å². The number of likely N-dealkylation sites (N-methyl/N-ethyl adjacent to an activating group) is 3. The Kier molecular flexibility index (Phi) is 26.0. The van der Waals surface area contributed by atoms with Crippen LogP contribution in [0.25, 0.3) is 66.5 Å². The average molecular weight is 1680 g/mol. The molecule has 125 heavy (non-hydrogen) atoms. The van der Waals surface area contributed by atoms with Crippen molar-refractivity contribution in [3.63, 3.8) is 0 Å². The number of aromatic nitrogens is 9. The minimum absolute atomic E-state index is 0.0325. The number of rotatable bonds is 24. The van der Waals surface area contributed by atoms with E-state index in [9.17, 15) is 34.6 Å². The SMILES string of the molecule is CN(C/C=C/C(=O)N1CC[C@@H](n2c(C#N)c(-c3ccc(Oc4cccc(F)c4)cc3)c3c(N)ncnc32)C1)C1CC1.CN(C/C=C/C(=O)N1CC[C@@H](n2c(C#N)c(-c3ccc(Oc4ccccc4)cc3)c3c(N)ncnc32)C1)[C@@H]1CCOC1.CN(C/C=C/C(=O)N1CC[C@@H](n2c(C#N)c(-c3ccc(Oc4ccccc4)cc3)c3c(N)ncnc32)C1)[C@H]1CCOC1. The van der Waals surface area contributed by atoms with E-state index in [-0.39, 0.29) is 47.5 Å². The average Bonchev–Trinajstić information content (AvgIpc) is 1.59. The van der Waals surface area contributed by atoms with Crippen LogP contribution in [-0.2, 0) is 23.9 Å². The van der Waals surface area contributed by atoms with Crippen molar-refractivity contribution in [2.45, 2.75) is 81.2 Å². The highest BCUT2D eigenvalue weighted by atomic mass is 19.1. The number of halogens is 1. The van der Waals surface area contributed by atoms with E-state index < -0.39 is 0 Å². The van der Waals surface area contributed by atoms with Gasteiger partial charge in [-0.25, -0.2) is 34.3 Å². The zero-order chi connectivity index (χ0) is 86.6. The van der Waals surface area contributed by atoms with Crippen LogP contribution in [0.4, 0.5) is 21.8 Å². The number of benzene rings is 6. The van der Waals surface area contributed by atoms with Crippen LogP contribution in [0.2, 0.25) is 0 Å². The van der Waals surface area contributed by atoms with Crippen molar-refractivity contribution < 1.29 is 42.5 Å². The molecule has 3 amide bonds. The van der Waals surface area contributed by atoms with Crippen molar-refractivity contribution in [1.82, 2.24) is 73.0 Å². The van der Waals surface area contributed by atoms with Gasteiger partial charge >= 0.3 is 0 Å². The molecule has 636 valence electrons. The zero-order valence-electron chi connectivity index (χ0n) is 69.7. The number of carbonyl (C=O) groups is 3. The number of hydrogen-bond donors (Lipinski definition) is 3. The summed E-state index contributed by atoms with van der Waals surface area (Å²) in [6.45, 7) is 8.35. The summed E-state index contributed by atoms with van der Waals surface area (Å²) in [6, 6.07) is 55.5. The molecule has 11 heterocycles. The largest absolute Gasteiger partial charge is 0.457 e. The van der Waals surface area contributed by atoms with Crippen molar-refractivity contribution >= 4 is 68.3 Å². The number of amides is 3. The molecule has 0 unspecified atom stereocenters. The summed E-state index contributed by atoms with van der Waals surface area (Å²) in [7, 11) is 6.18. The predicted octanol–water partition coefficient (Wildman–Crippen LogP) is 13.7. The first kappa shape index (κ1) is 84.4. The molecular formula is C95H96FN21O8. The smallest absolute Gasteiger partial charge is 0.246 e. The van der Waals surface area contributed by atoms with Crippen molar-refractivity contribution in [2.24, 2.45) is 0 Å². The molecule has 18 rings (SSSR count). The first-order valence-corrected chi connectivity index (χ1v) is 42.0. The molecule has 12 aromatic rings. The Balaban J connectivity index is 0.000000138. The van der Waals surface area contributed by atoms with Crippen LogP contribution in [0.15, 0.2) is 213 Å². The number of hydrogen-bond acceptors (Lipinski definition) is 23. The highest BCUT2D eigenvalue weighted by Gasteiger charge is 2.37. The molecule has 30 heteroatoms. The fraction of sp³-hybridized carbons (Fsp3) is 0.305. The normalized spacial score (nSPS) is 18.2. The Morgan fingerprint density at radius 3 is 1.06 bits per heavy atom. The number of para-hydroxylation sites is 2. The molecule has 0 spiro atoms. The van der Waals surface area contributed by atoms with Gasteiger partial charge in [-0.05, 0) is 156 Å². The van der Waals surface area contributed by atoms with E-state index in [1.54, 1.807) is 42.5 Å². The lowest BCUT2D eigenvalue weighted by Gasteiger charge is -2.21. The first-order valence-electron chi connectivity index (χ1n) is 42.0. The Morgan fingerprint density at radius 1 is 0.424 bits per heavy atom. The molecule has 6 aromatic heterocycles. The van der Waals surface area contributed by atoms with Gasteiger partial charge in [-0.2, -0.15) is 15.8 Å². The summed E-state index contributed by atoms with van der Waals surface area (Å²) in [4.78, 5) is 77.5. The van der Waals surface area contributed by atoms with Crippen LogP contribution in [0.3, 0.4) is 0 Å². The van der Waals surface area contributed by atoms with Gasteiger partial charge in [0.15, 0.2) is 0 Å². The second-order valence-corrected chi connectivity index (χ2v) is 31.9. The molecule has 6 aliphatic rings. The third-order valence-corrected chi connectivity index (χ3v) is 23.9. The summed E-state index contributed by atoms with van der Waals surface area (Å²) in [6.07, 6.45) is 21.5. The lowest BCUT2D eigenvalue weighted by Crippen LogP contribution is -2.32. The van der Waals surface area contributed by atoms with Gasteiger partial charge in [0.05, 0.1) is 47.5 Å². The molecule has 6 aromatic carbocycles. The van der Waals surface area contributed by atoms with Crippen LogP contribution in [-0.4, -0.2) is 215 Å². The van der Waals surface area contributed by atoms with Gasteiger partial charge in [-0.15, -0.1) is 0 Å². The molecular weight excluding hydrogens is 1580 g/mol. The zero-order valence-corrected chi connectivity index (χ0v) is 69.7. The van der Waals surface area contributed by atoms with E-state index in [1.807, 2.05) is 168 Å². The van der Waals surface area contributed by atoms with E-state index >= 15 is 0 Å². The quantitative estimate of drug-likeness (QED) is 0.0473. The minimum Gasteiger partial charge on any atom is -0.457 e. The summed E-state index contributed by atoms with van der Waals surface area (Å²) >= 11 is 0. The molecule has 5 saturated heterocycles. The van der Waals surface area contributed by atoms with Gasteiger partial charge in [-0.1, -0.05) is 97.1 Å². The highest BCUT2D eigenvalue weighted by Crippen LogP contribution is 2.45. The van der Waals surface area contributed by atoms with E-state index in [0.717, 1.165) is 74.0 Å². The topological polar surface area (TPSA) is 358 Å². The van der Waals surface area contributed by atoms with Gasteiger partial charge in [0, 0.05) is 131 Å². The van der Waals surface area contributed by atoms with Crippen molar-refractivity contribution in [1.29, 1.82) is 15.8 Å². The standard InChI is InChI=1S/2C32H33N7O3.C31H30FN7O2/c2*1-37(24-14-17-41-20-24)15-5-8-28(40)38-16-13-23(19-38)39-27(18-33)29(30-31(34)35-21-36-32(30)39)22-9-11-26(12-10-22)42-25-6-3-2-4-7-25;1-37(22-9-10-22)14-3-6-27(40)38-15-13-23(18-38)39-26(17-33)28(29-30(34)35-19-36-31(29)39)20-7-11-24(12-8-20)41-25-5-2-4-21(32)16-25/h2*2-12,21,23-24H,13-17,19-20H2,1H3,(H2,34,35,36);2-8,11-12,16,19,22-23H,9-10,13-15,18H2,1H3,(H2,34,35,36)/b2*8-5+;6-3+/t23-,24+;23-,24-;23-/m111/s1. The van der Waals surface area contributed by atoms with E-state index in [2.05, 4.69) is 84.0 Å². The fourth-order valence-corrected chi connectivity index (χ4v) is 17.1. The van der Waals surface area contributed by atoms with Gasteiger partial charge < -0.3 is 69.3 Å². The first-order chi connectivity index (χ1) is 61.0. The van der Waals surface area contributed by atoms with Gasteiger partial charge in [0.1, 0.15) is 129 Å². The number of nitrogen functional groups attached to an aromatic ring is 3. The van der Waals surface area contributed by atoms with Gasteiger partial charge in [0.25, 0.3) is 0 Å². The monoisotopic (exact) mass is 1680 g/mol. The summed E-state index contributed by atoms with van der Waals surface area (Å²) in [5, 5.41) is 33.0. The van der Waals surface area contributed by atoms with Crippen molar-refractivity contribution in [3.8, 4) is 86.1 Å². The Morgan fingerprint density at radius 2 is 0.744 bits per heavy atom. The van der Waals surface area contributed by atoms with Crippen molar-refractivity contribution in [3.05, 3.63) is 236 Å². The minimum atomic E-state index is -0.384. The summed E-state index contributed by atoms with van der Waals surface area (Å²) in [5.41, 5.74) is 26.5. The number of anilines is 3. The maximum Gasteiger partial charge on any atom is 0.246 e. The summed E-state index contributed by atoms with van der Waals surface area (Å²) < 4.78 is 48.0. The molecule has 6 N–H and O–H groups in total. The number of ether oxygens (including phenoxy) is 5. The van der Waals surface area contributed by atoms with E-state index in [0.29, 0.717) is 191 Å². The van der Waals surface area contributed by atoms with Gasteiger partial charge in [0.2, 0.25) is 17.7 Å². The maximum absolute atomic E-state index is 13.6. The third kappa shape index (κ3) is 18.9. The van der Waals surface area contributed by atoms with Crippen LogP contribution in [0.1, 0.15) is 80.2 Å². The van der Waals surface area contributed by atoms with Crippen molar-refractivity contribution in [2.75, 3.05) is 124 Å². The van der Waals surface area contributed by atoms with E-state index in [1.165, 1.54) is 44.0 Å². The molecule has 1 saturated carbocycles. The number of nitrogens with zero attached hydrogens (tertiary/aromatic N) is 18. The second kappa shape index (κ2) is 38.5. The number of likely N-dealkylation sites (tertiary alicyclic amines) is 3. The van der Waals surface area contributed by atoms with Crippen LogP contribution in [0.5, 0.6) is 34.5 Å². The second-order valence-electron chi connectivity index (χ2n) is 31.9. The Labute approximate surface area is 722 Å². The fourth-order valence-electron chi connectivity index (χ4n) is 17.1. The number of nitriles is 3. The highest BCUT2D eigenvalue weighted by molar-refractivity contribution is 6.06. The molecule has 29 nitrogen and oxygen atoms in total. The molecule has 6 fully saturated rings. The van der Waals surface area contributed by atoms with Crippen LogP contribution in [0, 0.1) is 39.8 Å². The molecule has 0 radical (unpaired) electrons. The summed E-state index contributed by atoms with van der Waals surface area (Å²) in [5.74, 6) is 4.14. The predicted molar refractivity (Wildman–Crippen MR) is 473 cm³/mol. The Bertz CT molecular complexity index is 5880. The lowest BCUT2D eigenvalue weighted by atomic mass is 10.0.